The van der Waals surface area contributed by atoms with Crippen molar-refractivity contribution in [1.82, 2.24) is 10.2 Å². The molecule has 34 heavy (non-hydrogen) atoms. The Morgan fingerprint density at radius 2 is 1.85 bits per heavy atom. The lowest BCUT2D eigenvalue weighted by atomic mass is 9.89. The highest BCUT2D eigenvalue weighted by molar-refractivity contribution is 6.31. The molecule has 1 aromatic rings. The van der Waals surface area contributed by atoms with Crippen LogP contribution in [0.15, 0.2) is 29.0 Å². The predicted octanol–water partition coefficient (Wildman–Crippen LogP) is 6.84. The van der Waals surface area contributed by atoms with Crippen molar-refractivity contribution in [3.8, 4) is 0 Å². The monoisotopic (exact) mass is 488 g/mol. The lowest BCUT2D eigenvalue weighted by molar-refractivity contribution is 0.0969. The fourth-order valence-corrected chi connectivity index (χ4v) is 4.98. The van der Waals surface area contributed by atoms with E-state index >= 15 is 0 Å². The number of halogens is 1. The standard InChI is InChI=1S/C28H45ClN4O/c1-8-20(3)11-10-16-30-21(4)19-31-28(34)26-17-23(29)18-27(22(26)5)33(9-2)25-14-12-24(13-15-25)32(6)7/h16-20,24-25H,8-15H2,1-7H3,(H,31,34)/b21-19+,30-16?. The molecule has 1 aliphatic rings. The van der Waals surface area contributed by atoms with Gasteiger partial charge in [-0.1, -0.05) is 31.9 Å². The Hall–Kier alpha value is -1.85. The fourth-order valence-electron chi connectivity index (χ4n) is 4.77. The minimum Gasteiger partial charge on any atom is -0.369 e. The summed E-state index contributed by atoms with van der Waals surface area (Å²) in [6.07, 6.45) is 11.6. The molecule has 0 spiro atoms. The van der Waals surface area contributed by atoms with Gasteiger partial charge in [0, 0.05) is 47.3 Å². The molecule has 1 unspecified atom stereocenters. The lowest BCUT2D eigenvalue weighted by Gasteiger charge is -2.40. The van der Waals surface area contributed by atoms with E-state index in [9.17, 15) is 4.79 Å². The zero-order valence-electron chi connectivity index (χ0n) is 22.3. The minimum absolute atomic E-state index is 0.150. The van der Waals surface area contributed by atoms with Crippen LogP contribution >= 0.6 is 11.6 Å². The van der Waals surface area contributed by atoms with E-state index in [0.717, 1.165) is 49.2 Å². The van der Waals surface area contributed by atoms with Gasteiger partial charge in [-0.15, -0.1) is 0 Å². The second kappa shape index (κ2) is 13.9. The summed E-state index contributed by atoms with van der Waals surface area (Å²) in [6.45, 7) is 11.5. The summed E-state index contributed by atoms with van der Waals surface area (Å²) in [5.41, 5.74) is 3.44. The minimum atomic E-state index is -0.150. The molecule has 0 heterocycles. The highest BCUT2D eigenvalue weighted by Gasteiger charge is 2.28. The molecular formula is C28H45ClN4O. The van der Waals surface area contributed by atoms with Crippen molar-refractivity contribution in [2.45, 2.75) is 91.6 Å². The van der Waals surface area contributed by atoms with Gasteiger partial charge in [-0.25, -0.2) is 0 Å². The Morgan fingerprint density at radius 3 is 2.44 bits per heavy atom. The molecule has 1 saturated carbocycles. The third-order valence-electron chi connectivity index (χ3n) is 7.27. The maximum atomic E-state index is 13.0. The first-order chi connectivity index (χ1) is 16.2. The van der Waals surface area contributed by atoms with Crippen molar-refractivity contribution in [2.75, 3.05) is 25.5 Å². The Kier molecular flexibility index (Phi) is 11.6. The average Bonchev–Trinajstić information content (AvgIpc) is 2.82. The predicted molar refractivity (Wildman–Crippen MR) is 147 cm³/mol. The zero-order chi connectivity index (χ0) is 25.3. The summed E-state index contributed by atoms with van der Waals surface area (Å²) >= 11 is 6.50. The van der Waals surface area contributed by atoms with Crippen LogP contribution in [0.25, 0.3) is 0 Å². The van der Waals surface area contributed by atoms with Crippen LogP contribution in [0.4, 0.5) is 5.69 Å². The molecule has 6 heteroatoms. The van der Waals surface area contributed by atoms with Gasteiger partial charge in [-0.3, -0.25) is 9.79 Å². The molecule has 2 rings (SSSR count). The highest BCUT2D eigenvalue weighted by atomic mass is 35.5. The van der Waals surface area contributed by atoms with Crippen LogP contribution in [0.1, 0.15) is 88.6 Å². The molecule has 1 aromatic carbocycles. The molecule has 1 aliphatic carbocycles. The van der Waals surface area contributed by atoms with Crippen molar-refractivity contribution in [2.24, 2.45) is 10.9 Å². The second-order valence-electron chi connectivity index (χ2n) is 9.97. The van der Waals surface area contributed by atoms with E-state index in [4.69, 9.17) is 11.6 Å². The fraction of sp³-hybridized carbons (Fsp3) is 0.643. The van der Waals surface area contributed by atoms with Crippen LogP contribution in [0.3, 0.4) is 0 Å². The summed E-state index contributed by atoms with van der Waals surface area (Å²) in [7, 11) is 4.34. The number of amides is 1. The van der Waals surface area contributed by atoms with Crippen LogP contribution in [0, 0.1) is 12.8 Å². The smallest absolute Gasteiger partial charge is 0.255 e. The number of benzene rings is 1. The Morgan fingerprint density at radius 1 is 1.21 bits per heavy atom. The number of hydrogen-bond acceptors (Lipinski definition) is 4. The molecule has 0 aliphatic heterocycles. The Bertz CT molecular complexity index is 856. The number of nitrogens with zero attached hydrogens (tertiary/aromatic N) is 3. The first-order valence-electron chi connectivity index (χ1n) is 12.9. The highest BCUT2D eigenvalue weighted by Crippen LogP contribution is 2.34. The van der Waals surface area contributed by atoms with Gasteiger partial charge in [0.1, 0.15) is 0 Å². The number of nitrogens with one attached hydrogen (secondary N) is 1. The van der Waals surface area contributed by atoms with E-state index in [0.29, 0.717) is 28.6 Å². The molecule has 0 saturated heterocycles. The first kappa shape index (κ1) is 28.4. The number of carbonyl (C=O) groups is 1. The quantitative estimate of drug-likeness (QED) is 0.347. The van der Waals surface area contributed by atoms with Gasteiger partial charge in [0.25, 0.3) is 5.91 Å². The van der Waals surface area contributed by atoms with E-state index in [1.807, 2.05) is 26.1 Å². The molecule has 1 N–H and O–H groups in total. The third-order valence-corrected chi connectivity index (χ3v) is 7.49. The second-order valence-corrected chi connectivity index (χ2v) is 10.4. The zero-order valence-corrected chi connectivity index (χ0v) is 23.1. The number of aliphatic imine (C=N–C) groups is 1. The van der Waals surface area contributed by atoms with Crippen LogP contribution in [-0.4, -0.2) is 49.7 Å². The number of rotatable bonds is 11. The van der Waals surface area contributed by atoms with Crippen LogP contribution in [-0.2, 0) is 0 Å². The van der Waals surface area contributed by atoms with Crippen molar-refractivity contribution < 1.29 is 4.79 Å². The first-order valence-corrected chi connectivity index (χ1v) is 13.3. The molecule has 0 aromatic heterocycles. The van der Waals surface area contributed by atoms with Gasteiger partial charge in [0.05, 0.1) is 5.70 Å². The van der Waals surface area contributed by atoms with Gasteiger partial charge in [0.2, 0.25) is 0 Å². The molecule has 1 fully saturated rings. The van der Waals surface area contributed by atoms with Crippen LogP contribution in [0.5, 0.6) is 0 Å². The number of hydrogen-bond donors (Lipinski definition) is 1. The van der Waals surface area contributed by atoms with Gasteiger partial charge in [-0.05, 0) is 97.0 Å². The van der Waals surface area contributed by atoms with Gasteiger partial charge < -0.3 is 15.1 Å². The number of anilines is 1. The number of carbonyl (C=O) groups excluding carboxylic acids is 1. The molecule has 1 amide bonds. The van der Waals surface area contributed by atoms with E-state index in [-0.39, 0.29) is 5.91 Å². The summed E-state index contributed by atoms with van der Waals surface area (Å²) in [6, 6.07) is 4.91. The van der Waals surface area contributed by atoms with E-state index < -0.39 is 0 Å². The van der Waals surface area contributed by atoms with Crippen molar-refractivity contribution in [3.05, 3.63) is 40.2 Å². The SMILES string of the molecule is CCC(C)CCC=N/C(C)=C/NC(=O)c1cc(Cl)cc(N(CC)C2CCC(N(C)C)CC2)c1C. The van der Waals surface area contributed by atoms with Crippen LogP contribution < -0.4 is 10.2 Å². The van der Waals surface area contributed by atoms with Gasteiger partial charge in [-0.2, -0.15) is 0 Å². The van der Waals surface area contributed by atoms with Gasteiger partial charge in [0.15, 0.2) is 0 Å². The molecular weight excluding hydrogens is 444 g/mol. The summed E-state index contributed by atoms with van der Waals surface area (Å²) in [5.74, 6) is 0.559. The topological polar surface area (TPSA) is 47.9 Å². The molecule has 190 valence electrons. The molecule has 0 radical (unpaired) electrons. The number of allylic oxidation sites excluding steroid dienone is 1. The molecule has 5 nitrogen and oxygen atoms in total. The summed E-state index contributed by atoms with van der Waals surface area (Å²) in [4.78, 5) is 22.3. The summed E-state index contributed by atoms with van der Waals surface area (Å²) in [5, 5.41) is 3.50. The largest absolute Gasteiger partial charge is 0.369 e. The van der Waals surface area contributed by atoms with Crippen molar-refractivity contribution >= 4 is 29.4 Å². The third kappa shape index (κ3) is 8.13. The normalized spacial score (nSPS) is 20.1. The van der Waals surface area contributed by atoms with E-state index in [2.05, 4.69) is 55.0 Å². The average molecular weight is 489 g/mol. The Balaban J connectivity index is 2.11. The lowest BCUT2D eigenvalue weighted by Crippen LogP contribution is -2.42. The maximum Gasteiger partial charge on any atom is 0.255 e. The van der Waals surface area contributed by atoms with E-state index in [1.54, 1.807) is 12.3 Å². The van der Waals surface area contributed by atoms with Crippen LogP contribution in [0.2, 0.25) is 5.02 Å². The summed E-state index contributed by atoms with van der Waals surface area (Å²) < 4.78 is 0. The molecule has 1 atom stereocenters. The maximum absolute atomic E-state index is 13.0. The van der Waals surface area contributed by atoms with Crippen molar-refractivity contribution in [1.29, 1.82) is 0 Å². The van der Waals surface area contributed by atoms with Gasteiger partial charge >= 0.3 is 0 Å². The molecule has 0 bridgehead atoms. The van der Waals surface area contributed by atoms with Crippen molar-refractivity contribution in [3.63, 3.8) is 0 Å². The van der Waals surface area contributed by atoms with E-state index in [1.165, 1.54) is 19.3 Å². The Labute approximate surface area is 212 Å².